The van der Waals surface area contributed by atoms with E-state index < -0.39 is 5.97 Å². The molecule has 1 atom stereocenters. The van der Waals surface area contributed by atoms with Crippen LogP contribution in [0.25, 0.3) is 22.2 Å². The number of amides is 1. The van der Waals surface area contributed by atoms with Crippen molar-refractivity contribution in [2.24, 2.45) is 0 Å². The minimum absolute atomic E-state index is 0.0321. The van der Waals surface area contributed by atoms with Gasteiger partial charge < -0.3 is 19.5 Å². The lowest BCUT2D eigenvalue weighted by atomic mass is 10.0. The van der Waals surface area contributed by atoms with Crippen molar-refractivity contribution in [3.05, 3.63) is 60.2 Å². The molecule has 0 radical (unpaired) electrons. The van der Waals surface area contributed by atoms with Crippen LogP contribution in [-0.2, 0) is 14.3 Å². The molecule has 1 saturated heterocycles. The Morgan fingerprint density at radius 1 is 1.16 bits per heavy atom. The second-order valence-electron chi connectivity index (χ2n) is 7.32. The topological polar surface area (TPSA) is 86.8 Å². The predicted molar refractivity (Wildman–Crippen MR) is 116 cm³/mol. The summed E-state index contributed by atoms with van der Waals surface area (Å²) in [6.07, 6.45) is 1.95. The third kappa shape index (κ3) is 5.00. The van der Waals surface area contributed by atoms with Gasteiger partial charge in [-0.2, -0.15) is 0 Å². The van der Waals surface area contributed by atoms with Gasteiger partial charge >= 0.3 is 5.97 Å². The van der Waals surface area contributed by atoms with Gasteiger partial charge in [0.15, 0.2) is 6.61 Å². The van der Waals surface area contributed by atoms with E-state index in [4.69, 9.17) is 14.2 Å². The number of esters is 1. The van der Waals surface area contributed by atoms with Gasteiger partial charge in [-0.1, -0.05) is 30.3 Å². The number of pyridine rings is 1. The van der Waals surface area contributed by atoms with E-state index in [1.807, 2.05) is 30.3 Å². The number of hydrogen-bond donors (Lipinski definition) is 1. The van der Waals surface area contributed by atoms with Crippen LogP contribution in [0.2, 0.25) is 0 Å². The average Bonchev–Trinajstić information content (AvgIpc) is 3.34. The Bertz CT molecular complexity index is 1080. The van der Waals surface area contributed by atoms with Crippen LogP contribution in [0.4, 0.5) is 0 Å². The van der Waals surface area contributed by atoms with Crippen LogP contribution in [0.5, 0.6) is 5.75 Å². The number of nitrogens with zero attached hydrogens (tertiary/aromatic N) is 1. The number of nitrogens with one attached hydrogen (secondary N) is 1. The lowest BCUT2D eigenvalue weighted by Crippen LogP contribution is -2.34. The Labute approximate surface area is 180 Å². The molecule has 0 bridgehead atoms. The van der Waals surface area contributed by atoms with Gasteiger partial charge in [0, 0.05) is 24.1 Å². The summed E-state index contributed by atoms with van der Waals surface area (Å²) in [7, 11) is 1.56. The predicted octanol–water partition coefficient (Wildman–Crippen LogP) is 3.36. The highest BCUT2D eigenvalue weighted by atomic mass is 16.5. The van der Waals surface area contributed by atoms with Crippen LogP contribution >= 0.6 is 0 Å². The largest absolute Gasteiger partial charge is 0.497 e. The minimum atomic E-state index is -0.592. The quantitative estimate of drug-likeness (QED) is 0.590. The maximum absolute atomic E-state index is 12.9. The highest BCUT2D eigenvalue weighted by Crippen LogP contribution is 2.28. The Hall–Kier alpha value is -3.45. The smallest absolute Gasteiger partial charge is 0.339 e. The van der Waals surface area contributed by atoms with Crippen LogP contribution < -0.4 is 10.1 Å². The van der Waals surface area contributed by atoms with Gasteiger partial charge in [-0.25, -0.2) is 9.78 Å². The fraction of sp³-hybridized carbons (Fsp3) is 0.292. The number of carbonyl (C=O) groups is 2. The zero-order valence-electron chi connectivity index (χ0n) is 17.3. The molecule has 2 aromatic carbocycles. The van der Waals surface area contributed by atoms with Gasteiger partial charge in [0.2, 0.25) is 0 Å². The molecule has 1 fully saturated rings. The number of ether oxygens (including phenoxy) is 3. The first-order valence-corrected chi connectivity index (χ1v) is 10.2. The van der Waals surface area contributed by atoms with Crippen molar-refractivity contribution in [3.8, 4) is 17.0 Å². The molecule has 1 amide bonds. The molecule has 1 N–H and O–H groups in total. The molecule has 0 saturated carbocycles. The number of benzene rings is 2. The summed E-state index contributed by atoms with van der Waals surface area (Å²) in [5.41, 5.74) is 2.49. The van der Waals surface area contributed by atoms with Crippen LogP contribution in [0.1, 0.15) is 23.2 Å². The lowest BCUT2D eigenvalue weighted by molar-refractivity contribution is -0.124. The summed E-state index contributed by atoms with van der Waals surface area (Å²) in [6.45, 7) is 0.780. The summed E-state index contributed by atoms with van der Waals surface area (Å²) < 4.78 is 16.1. The second kappa shape index (κ2) is 9.57. The third-order valence-electron chi connectivity index (χ3n) is 5.19. The number of fused-ring (bicyclic) bond motifs is 1. The standard InChI is InChI=1S/C24H24N2O5/c1-29-17-9-10-21-19(12-17)20(13-22(26-21)16-6-3-2-4-7-16)24(28)31-15-23(27)25-14-18-8-5-11-30-18/h2-4,6-7,9-10,12-13,18H,5,8,11,14-15H2,1H3,(H,25,27)/t18-/m0/s1. The van der Waals surface area contributed by atoms with Gasteiger partial charge in [-0.05, 0) is 37.1 Å². The Kier molecular flexibility index (Phi) is 6.43. The monoisotopic (exact) mass is 420 g/mol. The van der Waals surface area contributed by atoms with Crippen molar-refractivity contribution in [2.75, 3.05) is 26.9 Å². The molecule has 1 aliphatic heterocycles. The minimum Gasteiger partial charge on any atom is -0.497 e. The van der Waals surface area contributed by atoms with E-state index in [1.165, 1.54) is 0 Å². The number of aromatic nitrogens is 1. The van der Waals surface area contributed by atoms with Crippen molar-refractivity contribution in [1.82, 2.24) is 10.3 Å². The molecule has 0 spiro atoms. The van der Waals surface area contributed by atoms with E-state index in [0.29, 0.717) is 34.5 Å². The van der Waals surface area contributed by atoms with Gasteiger partial charge in [-0.3, -0.25) is 4.79 Å². The molecule has 7 nitrogen and oxygen atoms in total. The summed E-state index contributed by atoms with van der Waals surface area (Å²) in [5, 5.41) is 3.35. The zero-order chi connectivity index (χ0) is 21.6. The van der Waals surface area contributed by atoms with Gasteiger partial charge in [0.25, 0.3) is 5.91 Å². The fourth-order valence-electron chi connectivity index (χ4n) is 3.55. The van der Waals surface area contributed by atoms with E-state index in [2.05, 4.69) is 10.3 Å². The van der Waals surface area contributed by atoms with Crippen LogP contribution in [0, 0.1) is 0 Å². The van der Waals surface area contributed by atoms with Crippen LogP contribution in [0.15, 0.2) is 54.6 Å². The highest BCUT2D eigenvalue weighted by molar-refractivity contribution is 6.05. The van der Waals surface area contributed by atoms with Crippen molar-refractivity contribution in [3.63, 3.8) is 0 Å². The van der Waals surface area contributed by atoms with E-state index >= 15 is 0 Å². The first-order valence-electron chi connectivity index (χ1n) is 10.2. The molecule has 2 heterocycles. The fourth-order valence-corrected chi connectivity index (χ4v) is 3.55. The molecule has 3 aromatic rings. The molecule has 1 aliphatic rings. The van der Waals surface area contributed by atoms with Crippen LogP contribution in [0.3, 0.4) is 0 Å². The molecule has 7 heteroatoms. The first kappa shape index (κ1) is 20.8. The lowest BCUT2D eigenvalue weighted by Gasteiger charge is -2.12. The zero-order valence-corrected chi connectivity index (χ0v) is 17.3. The third-order valence-corrected chi connectivity index (χ3v) is 5.19. The molecular formula is C24H24N2O5. The SMILES string of the molecule is COc1ccc2nc(-c3ccccc3)cc(C(=O)OCC(=O)NC[C@@H]3CCCO3)c2c1. The average molecular weight is 420 g/mol. The number of carbonyl (C=O) groups excluding carboxylic acids is 2. The Morgan fingerprint density at radius 3 is 2.74 bits per heavy atom. The van der Waals surface area contributed by atoms with E-state index in [1.54, 1.807) is 31.4 Å². The summed E-state index contributed by atoms with van der Waals surface area (Å²) in [5.74, 6) is -0.349. The second-order valence-corrected chi connectivity index (χ2v) is 7.32. The van der Waals surface area contributed by atoms with Crippen molar-refractivity contribution in [1.29, 1.82) is 0 Å². The van der Waals surface area contributed by atoms with E-state index in [0.717, 1.165) is 25.0 Å². The maximum Gasteiger partial charge on any atom is 0.339 e. The molecule has 160 valence electrons. The number of hydrogen-bond acceptors (Lipinski definition) is 6. The molecule has 31 heavy (non-hydrogen) atoms. The van der Waals surface area contributed by atoms with Gasteiger partial charge in [0.05, 0.1) is 30.0 Å². The normalized spacial score (nSPS) is 15.6. The molecule has 4 rings (SSSR count). The Morgan fingerprint density at radius 2 is 2.00 bits per heavy atom. The number of rotatable bonds is 7. The Balaban J connectivity index is 1.55. The maximum atomic E-state index is 12.9. The summed E-state index contributed by atoms with van der Waals surface area (Å²) in [4.78, 5) is 29.7. The summed E-state index contributed by atoms with van der Waals surface area (Å²) >= 11 is 0. The van der Waals surface area contributed by atoms with E-state index in [9.17, 15) is 9.59 Å². The van der Waals surface area contributed by atoms with Crippen molar-refractivity contribution < 1.29 is 23.8 Å². The van der Waals surface area contributed by atoms with Crippen LogP contribution in [-0.4, -0.2) is 49.8 Å². The number of methoxy groups -OCH3 is 1. The summed E-state index contributed by atoms with van der Waals surface area (Å²) in [6, 6.07) is 16.6. The van der Waals surface area contributed by atoms with Crippen molar-refractivity contribution >= 4 is 22.8 Å². The molecular weight excluding hydrogens is 396 g/mol. The molecule has 0 unspecified atom stereocenters. The first-order chi connectivity index (χ1) is 15.1. The van der Waals surface area contributed by atoms with Gasteiger partial charge in [0.1, 0.15) is 5.75 Å². The van der Waals surface area contributed by atoms with Gasteiger partial charge in [-0.15, -0.1) is 0 Å². The molecule has 0 aliphatic carbocycles. The van der Waals surface area contributed by atoms with E-state index in [-0.39, 0.29) is 18.6 Å². The van der Waals surface area contributed by atoms with Crippen molar-refractivity contribution in [2.45, 2.75) is 18.9 Å². The highest BCUT2D eigenvalue weighted by Gasteiger charge is 2.19. The molecule has 1 aromatic heterocycles.